The van der Waals surface area contributed by atoms with Crippen molar-refractivity contribution in [2.75, 3.05) is 11.4 Å². The maximum Gasteiger partial charge on any atom is 0.272 e. The molecule has 1 aromatic carbocycles. The van der Waals surface area contributed by atoms with E-state index in [1.807, 2.05) is 6.92 Å². The molecule has 0 aliphatic carbocycles. The van der Waals surface area contributed by atoms with E-state index in [0.717, 1.165) is 29.7 Å². The zero-order chi connectivity index (χ0) is 22.4. The fourth-order valence-electron chi connectivity index (χ4n) is 4.49. The Morgan fingerprint density at radius 1 is 1.19 bits per heavy atom. The number of carbonyl (C=O) groups excluding carboxylic acids is 2. The van der Waals surface area contributed by atoms with E-state index >= 15 is 0 Å². The Labute approximate surface area is 184 Å². The third kappa shape index (κ3) is 3.43. The number of aryl methyl sites for hydroxylation is 2. The van der Waals surface area contributed by atoms with E-state index in [0.29, 0.717) is 30.4 Å². The van der Waals surface area contributed by atoms with Crippen LogP contribution in [0.15, 0.2) is 36.5 Å². The van der Waals surface area contributed by atoms with Gasteiger partial charge < -0.3 is 4.90 Å². The number of anilines is 1. The zero-order valence-electron chi connectivity index (χ0n) is 18.0. The van der Waals surface area contributed by atoms with Crippen LogP contribution >= 0.6 is 0 Å². The minimum Gasteiger partial charge on any atom is -0.327 e. The van der Waals surface area contributed by atoms with Gasteiger partial charge in [0.15, 0.2) is 5.82 Å². The molecule has 4 heterocycles. The Morgan fingerprint density at radius 3 is 2.69 bits per heavy atom. The van der Waals surface area contributed by atoms with E-state index in [-0.39, 0.29) is 30.1 Å². The Bertz CT molecular complexity index is 1210. The molecule has 1 atom stereocenters. The molecule has 3 aromatic rings. The number of rotatable bonds is 4. The Kier molecular flexibility index (Phi) is 4.96. The molecular formula is C23H23FN6O2. The highest BCUT2D eigenvalue weighted by Crippen LogP contribution is 2.36. The maximum atomic E-state index is 13.3. The van der Waals surface area contributed by atoms with Crippen molar-refractivity contribution in [3.63, 3.8) is 0 Å². The second-order valence-electron chi connectivity index (χ2n) is 8.25. The summed E-state index contributed by atoms with van der Waals surface area (Å²) in [6, 6.07) is 7.55. The molecule has 164 valence electrons. The van der Waals surface area contributed by atoms with Gasteiger partial charge in [0.2, 0.25) is 5.91 Å². The van der Waals surface area contributed by atoms with Crippen LogP contribution in [0.5, 0.6) is 0 Å². The number of carbonyl (C=O) groups is 2. The average Bonchev–Trinajstić information content (AvgIpc) is 3.49. The van der Waals surface area contributed by atoms with Crippen LogP contribution in [0.4, 0.5) is 10.2 Å². The maximum absolute atomic E-state index is 13.3. The molecule has 8 nitrogen and oxygen atoms in total. The number of fused-ring (bicyclic) bond motifs is 1. The monoisotopic (exact) mass is 434 g/mol. The second kappa shape index (κ2) is 7.81. The molecule has 32 heavy (non-hydrogen) atoms. The molecule has 9 heteroatoms. The molecule has 1 saturated heterocycles. The van der Waals surface area contributed by atoms with Gasteiger partial charge in [-0.05, 0) is 43.5 Å². The van der Waals surface area contributed by atoms with E-state index in [1.54, 1.807) is 45.9 Å². The third-order valence-corrected chi connectivity index (χ3v) is 6.20. The van der Waals surface area contributed by atoms with Gasteiger partial charge in [0, 0.05) is 31.0 Å². The molecule has 5 rings (SSSR count). The third-order valence-electron chi connectivity index (χ3n) is 6.20. The standard InChI is InChI=1S/C23H23FN6O2/c1-14-17-12-20(31)30(13-15-5-7-16(24)8-6-15)22(17)27-21(26-14)18-4-3-11-29(18)23(32)19-9-10-25-28(19)2/h5-10,18H,3-4,11-13H2,1-2H3/t18-/m1/s1. The largest absolute Gasteiger partial charge is 0.327 e. The number of hydrogen-bond acceptors (Lipinski definition) is 5. The molecule has 1 fully saturated rings. The predicted octanol–water partition coefficient (Wildman–Crippen LogP) is 2.72. The summed E-state index contributed by atoms with van der Waals surface area (Å²) in [4.78, 5) is 38.8. The molecule has 0 N–H and O–H groups in total. The summed E-state index contributed by atoms with van der Waals surface area (Å²) in [6.45, 7) is 2.80. The van der Waals surface area contributed by atoms with Crippen molar-refractivity contribution >= 4 is 17.6 Å². The van der Waals surface area contributed by atoms with Gasteiger partial charge in [-0.2, -0.15) is 5.10 Å². The second-order valence-corrected chi connectivity index (χ2v) is 8.25. The molecule has 2 amide bonds. The lowest BCUT2D eigenvalue weighted by Crippen LogP contribution is -2.33. The van der Waals surface area contributed by atoms with Crippen LogP contribution in [0, 0.1) is 12.7 Å². The highest BCUT2D eigenvalue weighted by Gasteiger charge is 2.37. The summed E-state index contributed by atoms with van der Waals surface area (Å²) in [5.74, 6) is 0.651. The van der Waals surface area contributed by atoms with Crippen LogP contribution in [-0.4, -0.2) is 43.0 Å². The molecule has 2 aromatic heterocycles. The van der Waals surface area contributed by atoms with Gasteiger partial charge in [0.05, 0.1) is 19.0 Å². The molecule has 0 unspecified atom stereocenters. The highest BCUT2D eigenvalue weighted by molar-refractivity contribution is 6.00. The lowest BCUT2D eigenvalue weighted by Gasteiger charge is -2.25. The van der Waals surface area contributed by atoms with Crippen molar-refractivity contribution in [2.24, 2.45) is 7.05 Å². The number of benzene rings is 1. The van der Waals surface area contributed by atoms with E-state index in [1.165, 1.54) is 12.1 Å². The Balaban J connectivity index is 1.47. The van der Waals surface area contributed by atoms with Gasteiger partial charge in [-0.3, -0.25) is 19.2 Å². The minimum absolute atomic E-state index is 0.0619. The molecule has 0 bridgehead atoms. The number of aromatic nitrogens is 4. The topological polar surface area (TPSA) is 84.2 Å². The van der Waals surface area contributed by atoms with Crippen molar-refractivity contribution in [1.29, 1.82) is 0 Å². The van der Waals surface area contributed by atoms with Crippen molar-refractivity contribution in [3.05, 3.63) is 70.7 Å². The molecular weight excluding hydrogens is 411 g/mol. The molecule has 2 aliphatic heterocycles. The molecule has 0 saturated carbocycles. The van der Waals surface area contributed by atoms with Gasteiger partial charge in [-0.1, -0.05) is 12.1 Å². The van der Waals surface area contributed by atoms with Crippen LogP contribution in [-0.2, 0) is 24.8 Å². The zero-order valence-corrected chi connectivity index (χ0v) is 18.0. The Hall–Kier alpha value is -3.62. The molecule has 0 radical (unpaired) electrons. The Morgan fingerprint density at radius 2 is 1.97 bits per heavy atom. The summed E-state index contributed by atoms with van der Waals surface area (Å²) < 4.78 is 14.8. The normalized spacial score (nSPS) is 17.8. The first-order valence-electron chi connectivity index (χ1n) is 10.6. The van der Waals surface area contributed by atoms with Gasteiger partial charge in [-0.25, -0.2) is 14.4 Å². The fourth-order valence-corrected chi connectivity index (χ4v) is 4.49. The smallest absolute Gasteiger partial charge is 0.272 e. The van der Waals surface area contributed by atoms with Crippen LogP contribution < -0.4 is 4.90 Å². The summed E-state index contributed by atoms with van der Waals surface area (Å²) in [5.41, 5.74) is 2.89. The van der Waals surface area contributed by atoms with Gasteiger partial charge >= 0.3 is 0 Å². The van der Waals surface area contributed by atoms with Crippen molar-refractivity contribution < 1.29 is 14.0 Å². The van der Waals surface area contributed by atoms with Crippen LogP contribution in [0.25, 0.3) is 0 Å². The van der Waals surface area contributed by atoms with Gasteiger partial charge in [0.25, 0.3) is 5.91 Å². The van der Waals surface area contributed by atoms with Crippen molar-refractivity contribution in [1.82, 2.24) is 24.6 Å². The first-order valence-corrected chi connectivity index (χ1v) is 10.6. The summed E-state index contributed by atoms with van der Waals surface area (Å²) in [5, 5.41) is 4.10. The van der Waals surface area contributed by atoms with Crippen molar-refractivity contribution in [2.45, 2.75) is 38.8 Å². The number of nitrogens with zero attached hydrogens (tertiary/aromatic N) is 6. The molecule has 0 spiro atoms. The summed E-state index contributed by atoms with van der Waals surface area (Å²) >= 11 is 0. The summed E-state index contributed by atoms with van der Waals surface area (Å²) in [7, 11) is 1.74. The number of amides is 2. The van der Waals surface area contributed by atoms with Crippen LogP contribution in [0.1, 0.15) is 52.0 Å². The van der Waals surface area contributed by atoms with Gasteiger partial charge in [0.1, 0.15) is 17.3 Å². The quantitative estimate of drug-likeness (QED) is 0.631. The van der Waals surface area contributed by atoms with E-state index in [9.17, 15) is 14.0 Å². The lowest BCUT2D eigenvalue weighted by atomic mass is 10.1. The summed E-state index contributed by atoms with van der Waals surface area (Å²) in [6.07, 6.45) is 3.46. The lowest BCUT2D eigenvalue weighted by molar-refractivity contribution is -0.117. The van der Waals surface area contributed by atoms with E-state index in [2.05, 4.69) is 5.10 Å². The first kappa shape index (κ1) is 20.3. The SMILES string of the molecule is Cc1nc([C@H]2CCCN2C(=O)c2ccnn2C)nc2c1CC(=O)N2Cc1ccc(F)cc1. The average molecular weight is 434 g/mol. The van der Waals surface area contributed by atoms with Gasteiger partial charge in [-0.15, -0.1) is 0 Å². The number of halogens is 1. The van der Waals surface area contributed by atoms with Crippen molar-refractivity contribution in [3.8, 4) is 0 Å². The first-order chi connectivity index (χ1) is 15.4. The molecule has 2 aliphatic rings. The van der Waals surface area contributed by atoms with E-state index in [4.69, 9.17) is 9.97 Å². The van der Waals surface area contributed by atoms with Crippen LogP contribution in [0.3, 0.4) is 0 Å². The fraction of sp³-hybridized carbons (Fsp3) is 0.348. The predicted molar refractivity (Wildman–Crippen MR) is 114 cm³/mol. The highest BCUT2D eigenvalue weighted by atomic mass is 19.1. The number of hydrogen-bond donors (Lipinski definition) is 0. The minimum atomic E-state index is -0.318. The number of likely N-dealkylation sites (tertiary alicyclic amines) is 1. The van der Waals surface area contributed by atoms with Crippen LogP contribution in [0.2, 0.25) is 0 Å². The van der Waals surface area contributed by atoms with E-state index < -0.39 is 0 Å².